The molecule has 2 heterocycles. The zero-order valence-electron chi connectivity index (χ0n) is 13.1. The van der Waals surface area contributed by atoms with Crippen molar-refractivity contribution in [2.45, 2.75) is 0 Å². The van der Waals surface area contributed by atoms with Gasteiger partial charge in [0.25, 0.3) is 5.91 Å². The molecule has 0 unspecified atom stereocenters. The van der Waals surface area contributed by atoms with Crippen molar-refractivity contribution in [1.82, 2.24) is 9.47 Å². The summed E-state index contributed by atoms with van der Waals surface area (Å²) < 4.78 is 1.90. The Bertz CT molecular complexity index is 865. The van der Waals surface area contributed by atoms with Gasteiger partial charge in [-0.25, -0.2) is 4.79 Å². The van der Waals surface area contributed by atoms with Crippen molar-refractivity contribution in [3.05, 3.63) is 58.8 Å². The molecular formula is C17H15N3O3S. The van der Waals surface area contributed by atoms with Crippen LogP contribution in [0, 0.1) is 0 Å². The summed E-state index contributed by atoms with van der Waals surface area (Å²) in [5.74, 6) is -1.05. The molecule has 1 amide bonds. The topological polar surface area (TPSA) is 74.9 Å². The first kappa shape index (κ1) is 16.1. The van der Waals surface area contributed by atoms with Crippen LogP contribution in [0.2, 0.25) is 0 Å². The van der Waals surface area contributed by atoms with E-state index in [-0.39, 0.29) is 11.5 Å². The lowest BCUT2D eigenvalue weighted by molar-refractivity contribution is -0.121. The van der Waals surface area contributed by atoms with Crippen molar-refractivity contribution in [1.29, 1.82) is 0 Å². The van der Waals surface area contributed by atoms with Gasteiger partial charge in [0.2, 0.25) is 0 Å². The maximum absolute atomic E-state index is 12.2. The Hall–Kier alpha value is -2.80. The molecule has 0 bridgehead atoms. The molecule has 2 aromatic rings. The van der Waals surface area contributed by atoms with E-state index in [1.807, 2.05) is 29.0 Å². The standard InChI is InChI=1S/C17H15N3O3S/c1-18-17-19(2)15(21)14(24-17)10-13-4-3-9-20(13)12-7-5-11(6-8-12)16(22)23/h3-10H,1-2H3,(H,22,23)/b14-10-,18-17?. The fourth-order valence-corrected chi connectivity index (χ4v) is 3.31. The smallest absolute Gasteiger partial charge is 0.335 e. The lowest BCUT2D eigenvalue weighted by atomic mass is 10.2. The van der Waals surface area contributed by atoms with Gasteiger partial charge in [-0.1, -0.05) is 0 Å². The predicted molar refractivity (Wildman–Crippen MR) is 94.4 cm³/mol. The number of rotatable bonds is 3. The van der Waals surface area contributed by atoms with Crippen molar-refractivity contribution >= 4 is 34.9 Å². The first-order valence-electron chi connectivity index (χ1n) is 7.16. The third-order valence-electron chi connectivity index (χ3n) is 3.65. The van der Waals surface area contributed by atoms with Crippen LogP contribution >= 0.6 is 11.8 Å². The summed E-state index contributed by atoms with van der Waals surface area (Å²) in [6.07, 6.45) is 3.68. The number of hydrogen-bond donors (Lipinski definition) is 1. The zero-order chi connectivity index (χ0) is 17.3. The minimum atomic E-state index is -0.959. The summed E-state index contributed by atoms with van der Waals surface area (Å²) >= 11 is 1.33. The van der Waals surface area contributed by atoms with Crippen LogP contribution in [-0.2, 0) is 4.79 Å². The molecular weight excluding hydrogens is 326 g/mol. The molecule has 0 radical (unpaired) electrons. The second kappa shape index (κ2) is 6.37. The van der Waals surface area contributed by atoms with Crippen molar-refractivity contribution in [3.8, 4) is 5.69 Å². The molecule has 1 saturated heterocycles. The summed E-state index contributed by atoms with van der Waals surface area (Å²) in [7, 11) is 3.35. The van der Waals surface area contributed by atoms with E-state index >= 15 is 0 Å². The molecule has 7 heteroatoms. The van der Waals surface area contributed by atoms with Gasteiger partial charge in [-0.15, -0.1) is 0 Å². The van der Waals surface area contributed by atoms with Gasteiger partial charge in [0.05, 0.1) is 10.5 Å². The molecule has 0 saturated carbocycles. The molecule has 1 aliphatic heterocycles. The highest BCUT2D eigenvalue weighted by molar-refractivity contribution is 8.18. The van der Waals surface area contributed by atoms with Gasteiger partial charge in [-0.3, -0.25) is 14.7 Å². The largest absolute Gasteiger partial charge is 0.478 e. The molecule has 1 aromatic heterocycles. The van der Waals surface area contributed by atoms with Crippen molar-refractivity contribution < 1.29 is 14.7 Å². The number of carbonyl (C=O) groups excluding carboxylic acids is 1. The minimum Gasteiger partial charge on any atom is -0.478 e. The molecule has 3 rings (SSSR count). The normalized spacial score (nSPS) is 17.9. The average molecular weight is 341 g/mol. The van der Waals surface area contributed by atoms with Gasteiger partial charge in [0, 0.05) is 31.7 Å². The van der Waals surface area contributed by atoms with Gasteiger partial charge < -0.3 is 9.67 Å². The number of hydrogen-bond acceptors (Lipinski definition) is 4. The second-order valence-electron chi connectivity index (χ2n) is 5.14. The highest BCUT2D eigenvalue weighted by atomic mass is 32.2. The van der Waals surface area contributed by atoms with Crippen LogP contribution in [0.1, 0.15) is 16.1 Å². The molecule has 6 nitrogen and oxygen atoms in total. The first-order valence-corrected chi connectivity index (χ1v) is 7.98. The number of carboxylic acid groups (broad SMARTS) is 1. The quantitative estimate of drug-likeness (QED) is 0.871. The molecule has 0 aliphatic carbocycles. The van der Waals surface area contributed by atoms with Gasteiger partial charge in [0.15, 0.2) is 5.17 Å². The van der Waals surface area contributed by atoms with E-state index in [9.17, 15) is 9.59 Å². The fourth-order valence-electron chi connectivity index (χ4n) is 2.40. The Morgan fingerprint density at radius 2 is 1.96 bits per heavy atom. The highest BCUT2D eigenvalue weighted by Crippen LogP contribution is 2.31. The van der Waals surface area contributed by atoms with Crippen LogP contribution < -0.4 is 0 Å². The Labute approximate surface area is 143 Å². The molecule has 1 aliphatic rings. The number of carbonyl (C=O) groups is 2. The summed E-state index contributed by atoms with van der Waals surface area (Å²) in [5.41, 5.74) is 1.89. The van der Waals surface area contributed by atoms with E-state index in [2.05, 4.69) is 4.99 Å². The molecule has 1 N–H and O–H groups in total. The summed E-state index contributed by atoms with van der Waals surface area (Å²) in [4.78, 5) is 29.4. The molecule has 122 valence electrons. The second-order valence-corrected chi connectivity index (χ2v) is 6.15. The number of aromatic carboxylic acids is 1. The zero-order valence-corrected chi connectivity index (χ0v) is 13.9. The van der Waals surface area contributed by atoms with Crippen molar-refractivity contribution in [3.63, 3.8) is 0 Å². The summed E-state index contributed by atoms with van der Waals surface area (Å²) in [6.45, 7) is 0. The maximum atomic E-state index is 12.2. The number of aromatic nitrogens is 1. The SMILES string of the molecule is CN=C1S/C(=C\c2cccn2-c2ccc(C(=O)O)cc2)C(=O)N1C. The summed E-state index contributed by atoms with van der Waals surface area (Å²) in [6, 6.07) is 10.4. The fraction of sp³-hybridized carbons (Fsp3) is 0.118. The van der Waals surface area contributed by atoms with E-state index in [1.54, 1.807) is 38.4 Å². The van der Waals surface area contributed by atoms with E-state index in [0.717, 1.165) is 11.4 Å². The Balaban J connectivity index is 1.95. The number of benzene rings is 1. The van der Waals surface area contributed by atoms with E-state index in [4.69, 9.17) is 5.11 Å². The number of thioether (sulfide) groups is 1. The van der Waals surface area contributed by atoms with E-state index in [0.29, 0.717) is 10.1 Å². The maximum Gasteiger partial charge on any atom is 0.335 e. The van der Waals surface area contributed by atoms with Crippen molar-refractivity contribution in [2.24, 2.45) is 4.99 Å². The van der Waals surface area contributed by atoms with Gasteiger partial charge in [-0.2, -0.15) is 0 Å². The van der Waals surface area contributed by atoms with Crippen LogP contribution in [0.4, 0.5) is 0 Å². The number of aliphatic imine (C=N–C) groups is 1. The lowest BCUT2D eigenvalue weighted by Gasteiger charge is -2.07. The van der Waals surface area contributed by atoms with E-state index in [1.165, 1.54) is 16.7 Å². The third-order valence-corrected chi connectivity index (χ3v) is 4.80. The van der Waals surface area contributed by atoms with Crippen LogP contribution in [0.25, 0.3) is 11.8 Å². The first-order chi connectivity index (χ1) is 11.5. The number of amides is 1. The molecule has 1 fully saturated rings. The van der Waals surface area contributed by atoms with Crippen molar-refractivity contribution in [2.75, 3.05) is 14.1 Å². The summed E-state index contributed by atoms with van der Waals surface area (Å²) in [5, 5.41) is 9.64. The third kappa shape index (κ3) is 2.85. The van der Waals surface area contributed by atoms with Crippen LogP contribution in [-0.4, -0.2) is 45.7 Å². The monoisotopic (exact) mass is 341 g/mol. The predicted octanol–water partition coefficient (Wildman–Crippen LogP) is 2.71. The molecule has 24 heavy (non-hydrogen) atoms. The Morgan fingerprint density at radius 3 is 2.54 bits per heavy atom. The Morgan fingerprint density at radius 1 is 1.25 bits per heavy atom. The van der Waals surface area contributed by atoms with Crippen LogP contribution in [0.5, 0.6) is 0 Å². The number of likely N-dealkylation sites (N-methyl/N-ethyl adjacent to an activating group) is 1. The molecule has 1 aromatic carbocycles. The van der Waals surface area contributed by atoms with Crippen LogP contribution in [0.15, 0.2) is 52.5 Å². The minimum absolute atomic E-state index is 0.0884. The number of carboxylic acids is 1. The number of amidine groups is 1. The van der Waals surface area contributed by atoms with Crippen LogP contribution in [0.3, 0.4) is 0 Å². The number of nitrogens with zero attached hydrogens (tertiary/aromatic N) is 3. The average Bonchev–Trinajstić information content (AvgIpc) is 3.15. The Kier molecular flexibility index (Phi) is 4.26. The van der Waals surface area contributed by atoms with Gasteiger partial charge in [-0.05, 0) is 54.2 Å². The lowest BCUT2D eigenvalue weighted by Crippen LogP contribution is -2.23. The molecule has 0 spiro atoms. The van der Waals surface area contributed by atoms with E-state index < -0.39 is 5.97 Å². The van der Waals surface area contributed by atoms with Gasteiger partial charge in [0.1, 0.15) is 0 Å². The highest BCUT2D eigenvalue weighted by Gasteiger charge is 2.29. The van der Waals surface area contributed by atoms with Gasteiger partial charge >= 0.3 is 5.97 Å². The molecule has 0 atom stereocenters.